The number of aromatic nitrogens is 1. The van der Waals surface area contributed by atoms with Crippen molar-refractivity contribution in [2.24, 2.45) is 0 Å². The van der Waals surface area contributed by atoms with E-state index in [-0.39, 0.29) is 12.4 Å². The van der Waals surface area contributed by atoms with E-state index < -0.39 is 5.97 Å². The smallest absolute Gasteiger partial charge is 0.339 e. The van der Waals surface area contributed by atoms with Gasteiger partial charge in [0.25, 0.3) is 0 Å². The summed E-state index contributed by atoms with van der Waals surface area (Å²) in [5.74, 6) is -0.633. The highest BCUT2D eigenvalue weighted by atomic mass is 16.5. The van der Waals surface area contributed by atoms with Gasteiger partial charge >= 0.3 is 5.97 Å². The van der Waals surface area contributed by atoms with E-state index in [1.807, 2.05) is 36.4 Å². The van der Waals surface area contributed by atoms with Crippen LogP contribution in [0.1, 0.15) is 50.9 Å². The van der Waals surface area contributed by atoms with Crippen LogP contribution in [0.3, 0.4) is 0 Å². The standard InChI is InChI=1S/C23H21NO3/c1-2-15-10-12-16(13-11-15)21(25)14-27-23(26)22-17-6-3-4-8-19(17)24-20-9-5-7-18(20)22/h3-4,6,8,10-13H,2,5,7,9,14H2,1H3. The van der Waals surface area contributed by atoms with Gasteiger partial charge in [-0.3, -0.25) is 9.78 Å². The van der Waals surface area contributed by atoms with E-state index in [4.69, 9.17) is 4.74 Å². The number of carbonyl (C=O) groups is 2. The van der Waals surface area contributed by atoms with Crippen LogP contribution < -0.4 is 0 Å². The highest BCUT2D eigenvalue weighted by molar-refractivity contribution is 6.06. The van der Waals surface area contributed by atoms with E-state index in [0.29, 0.717) is 11.1 Å². The second-order valence-corrected chi connectivity index (χ2v) is 6.83. The predicted molar refractivity (Wildman–Crippen MR) is 104 cm³/mol. The van der Waals surface area contributed by atoms with E-state index in [2.05, 4.69) is 11.9 Å². The first-order chi connectivity index (χ1) is 13.2. The molecule has 0 atom stereocenters. The quantitative estimate of drug-likeness (QED) is 0.503. The number of esters is 1. The zero-order valence-corrected chi connectivity index (χ0v) is 15.3. The Hall–Kier alpha value is -3.01. The zero-order valence-electron chi connectivity index (χ0n) is 15.3. The third-order valence-electron chi connectivity index (χ3n) is 5.14. The van der Waals surface area contributed by atoms with Crippen LogP contribution >= 0.6 is 0 Å². The molecule has 0 unspecified atom stereocenters. The molecule has 3 aromatic rings. The Labute approximate surface area is 158 Å². The summed E-state index contributed by atoms with van der Waals surface area (Å²) in [6.07, 6.45) is 3.61. The molecule has 0 saturated heterocycles. The lowest BCUT2D eigenvalue weighted by Crippen LogP contribution is -2.16. The first kappa shape index (κ1) is 17.4. The number of ketones is 1. The van der Waals surface area contributed by atoms with Gasteiger partial charge in [-0.2, -0.15) is 0 Å². The molecule has 0 spiro atoms. The maximum Gasteiger partial charge on any atom is 0.339 e. The molecule has 0 bridgehead atoms. The van der Waals surface area contributed by atoms with Gasteiger partial charge in [0.15, 0.2) is 12.4 Å². The first-order valence-corrected chi connectivity index (χ1v) is 9.37. The summed E-state index contributed by atoms with van der Waals surface area (Å²) >= 11 is 0. The number of nitrogens with zero attached hydrogens (tertiary/aromatic N) is 1. The molecule has 1 aromatic heterocycles. The first-order valence-electron chi connectivity index (χ1n) is 9.37. The van der Waals surface area contributed by atoms with Crippen molar-refractivity contribution >= 4 is 22.7 Å². The Morgan fingerprint density at radius 2 is 1.81 bits per heavy atom. The minimum Gasteiger partial charge on any atom is -0.454 e. The predicted octanol–water partition coefficient (Wildman–Crippen LogP) is 4.33. The zero-order chi connectivity index (χ0) is 18.8. The molecule has 1 aliphatic carbocycles. The second-order valence-electron chi connectivity index (χ2n) is 6.83. The Kier molecular flexibility index (Phi) is 4.71. The van der Waals surface area contributed by atoms with Gasteiger partial charge in [0.05, 0.1) is 11.1 Å². The van der Waals surface area contributed by atoms with Gasteiger partial charge in [0.1, 0.15) is 0 Å². The van der Waals surface area contributed by atoms with Crippen molar-refractivity contribution < 1.29 is 14.3 Å². The average Bonchev–Trinajstić information content (AvgIpc) is 3.18. The Morgan fingerprint density at radius 3 is 2.59 bits per heavy atom. The Bertz CT molecular complexity index is 1020. The van der Waals surface area contributed by atoms with Crippen LogP contribution in [0, 0.1) is 0 Å². The minimum atomic E-state index is -0.440. The lowest BCUT2D eigenvalue weighted by Gasteiger charge is -2.12. The number of pyridine rings is 1. The highest BCUT2D eigenvalue weighted by Gasteiger charge is 2.25. The molecule has 136 valence electrons. The maximum atomic E-state index is 12.9. The van der Waals surface area contributed by atoms with E-state index in [0.717, 1.165) is 47.8 Å². The number of para-hydroxylation sites is 1. The molecule has 4 rings (SSSR count). The van der Waals surface area contributed by atoms with Gasteiger partial charge in [-0.15, -0.1) is 0 Å². The van der Waals surface area contributed by atoms with Gasteiger partial charge in [-0.05, 0) is 42.9 Å². The molecule has 0 fully saturated rings. The van der Waals surface area contributed by atoms with E-state index in [1.54, 1.807) is 12.1 Å². The molecule has 0 amide bonds. The van der Waals surface area contributed by atoms with Gasteiger partial charge in [0.2, 0.25) is 0 Å². The van der Waals surface area contributed by atoms with E-state index in [9.17, 15) is 9.59 Å². The molecule has 27 heavy (non-hydrogen) atoms. The summed E-state index contributed by atoms with van der Waals surface area (Å²) < 4.78 is 5.42. The van der Waals surface area contributed by atoms with Crippen molar-refractivity contribution in [3.05, 3.63) is 76.5 Å². The fraction of sp³-hybridized carbons (Fsp3) is 0.261. The van der Waals surface area contributed by atoms with Gasteiger partial charge in [0, 0.05) is 16.6 Å². The third kappa shape index (κ3) is 3.35. The SMILES string of the molecule is CCc1ccc(C(=O)COC(=O)c2c3c(nc4ccccc24)CCC3)cc1. The van der Waals surface area contributed by atoms with Gasteiger partial charge in [-0.25, -0.2) is 4.79 Å². The molecule has 1 heterocycles. The normalized spacial score (nSPS) is 12.8. The van der Waals surface area contributed by atoms with E-state index >= 15 is 0 Å². The number of carbonyl (C=O) groups excluding carboxylic acids is 2. The lowest BCUT2D eigenvalue weighted by molar-refractivity contribution is 0.0475. The van der Waals surface area contributed by atoms with Crippen molar-refractivity contribution in [2.75, 3.05) is 6.61 Å². The number of Topliss-reactive ketones (excluding diaryl/α,β-unsaturated/α-hetero) is 1. The number of hydrogen-bond acceptors (Lipinski definition) is 4. The fourth-order valence-corrected chi connectivity index (χ4v) is 3.66. The number of ether oxygens (including phenoxy) is 1. The maximum absolute atomic E-state index is 12.9. The van der Waals surface area contributed by atoms with Crippen molar-refractivity contribution in [1.29, 1.82) is 0 Å². The number of benzene rings is 2. The van der Waals surface area contributed by atoms with Crippen LogP contribution in [0.2, 0.25) is 0 Å². The van der Waals surface area contributed by atoms with Crippen molar-refractivity contribution in [3.63, 3.8) is 0 Å². The van der Waals surface area contributed by atoms with Crippen LogP contribution in [0.15, 0.2) is 48.5 Å². The fourth-order valence-electron chi connectivity index (χ4n) is 3.66. The molecule has 0 N–H and O–H groups in total. The molecular weight excluding hydrogens is 338 g/mol. The molecule has 4 heteroatoms. The van der Waals surface area contributed by atoms with Crippen LogP contribution in [-0.4, -0.2) is 23.3 Å². The summed E-state index contributed by atoms with van der Waals surface area (Å²) in [7, 11) is 0. The number of fused-ring (bicyclic) bond motifs is 2. The summed E-state index contributed by atoms with van der Waals surface area (Å²) in [5.41, 5.74) is 5.04. The number of rotatable bonds is 5. The molecule has 2 aromatic carbocycles. The third-order valence-corrected chi connectivity index (χ3v) is 5.14. The summed E-state index contributed by atoms with van der Waals surface area (Å²) in [6, 6.07) is 15.0. The monoisotopic (exact) mass is 359 g/mol. The van der Waals surface area contributed by atoms with Crippen molar-refractivity contribution in [3.8, 4) is 0 Å². The molecule has 4 nitrogen and oxygen atoms in total. The summed E-state index contributed by atoms with van der Waals surface area (Å²) in [4.78, 5) is 29.9. The largest absolute Gasteiger partial charge is 0.454 e. The number of aryl methyl sites for hydroxylation is 2. The Balaban J connectivity index is 1.57. The van der Waals surface area contributed by atoms with Gasteiger partial charge in [-0.1, -0.05) is 49.4 Å². The molecule has 0 aliphatic heterocycles. The lowest BCUT2D eigenvalue weighted by atomic mass is 10.0. The summed E-state index contributed by atoms with van der Waals surface area (Å²) in [5, 5.41) is 0.794. The van der Waals surface area contributed by atoms with Crippen LogP contribution in [0.5, 0.6) is 0 Å². The highest BCUT2D eigenvalue weighted by Crippen LogP contribution is 2.30. The average molecular weight is 359 g/mol. The Morgan fingerprint density at radius 1 is 1.04 bits per heavy atom. The number of hydrogen-bond donors (Lipinski definition) is 0. The van der Waals surface area contributed by atoms with Crippen LogP contribution in [0.4, 0.5) is 0 Å². The molecule has 0 radical (unpaired) electrons. The topological polar surface area (TPSA) is 56.3 Å². The van der Waals surface area contributed by atoms with Gasteiger partial charge < -0.3 is 4.74 Å². The minimum absolute atomic E-state index is 0.194. The van der Waals surface area contributed by atoms with Crippen molar-refractivity contribution in [1.82, 2.24) is 4.98 Å². The molecule has 0 saturated carbocycles. The molecular formula is C23H21NO3. The molecule has 1 aliphatic rings. The van der Waals surface area contributed by atoms with Crippen molar-refractivity contribution in [2.45, 2.75) is 32.6 Å². The second kappa shape index (κ2) is 7.31. The summed E-state index contributed by atoms with van der Waals surface area (Å²) in [6.45, 7) is 1.81. The van der Waals surface area contributed by atoms with Crippen LogP contribution in [0.25, 0.3) is 10.9 Å². The van der Waals surface area contributed by atoms with E-state index in [1.165, 1.54) is 5.56 Å². The van der Waals surface area contributed by atoms with Crippen LogP contribution in [-0.2, 0) is 24.0 Å².